The number of amides is 1. The normalized spacial score (nSPS) is 23.1. The van der Waals surface area contributed by atoms with Gasteiger partial charge in [0, 0.05) is 56.0 Å². The van der Waals surface area contributed by atoms with Crippen LogP contribution >= 0.6 is 0 Å². The lowest BCUT2D eigenvalue weighted by Crippen LogP contribution is -2.41. The van der Waals surface area contributed by atoms with Crippen LogP contribution in [0.4, 0.5) is 4.39 Å². The third kappa shape index (κ3) is 3.67. The monoisotopic (exact) mass is 502 g/mol. The smallest absolute Gasteiger partial charge is 0.254 e. The predicted molar refractivity (Wildman–Crippen MR) is 139 cm³/mol. The number of carbonyl (C=O) groups is 1. The summed E-state index contributed by atoms with van der Waals surface area (Å²) in [5, 5.41) is 1.03. The van der Waals surface area contributed by atoms with Crippen LogP contribution in [0.3, 0.4) is 0 Å². The third-order valence-corrected chi connectivity index (χ3v) is 8.50. The molecule has 0 spiro atoms. The Kier molecular flexibility index (Phi) is 5.33. The number of pyridine rings is 1. The van der Waals surface area contributed by atoms with E-state index in [1.54, 1.807) is 19.4 Å². The molecule has 3 atom stereocenters. The maximum absolute atomic E-state index is 15.8. The zero-order chi connectivity index (χ0) is 25.3. The number of ether oxygens (including phenoxy) is 1. The molecule has 3 fully saturated rings. The molecular weight excluding hydrogens is 471 g/mol. The molecule has 7 rings (SSSR count). The average molecular weight is 503 g/mol. The summed E-state index contributed by atoms with van der Waals surface area (Å²) in [6.07, 6.45) is 6.18. The van der Waals surface area contributed by atoms with E-state index < -0.39 is 5.82 Å². The Bertz CT molecular complexity index is 1520. The van der Waals surface area contributed by atoms with E-state index in [0.717, 1.165) is 36.1 Å². The molecule has 0 radical (unpaired) electrons. The number of hydrogen-bond acceptors (Lipinski definition) is 5. The number of rotatable bonds is 7. The largest absolute Gasteiger partial charge is 0.383 e. The first-order valence-electron chi connectivity index (χ1n) is 13.2. The number of likely N-dealkylation sites (tertiary alicyclic amines) is 1. The highest BCUT2D eigenvalue weighted by molar-refractivity contribution is 5.98. The van der Waals surface area contributed by atoms with Crippen molar-refractivity contribution in [3.05, 3.63) is 47.9 Å². The van der Waals surface area contributed by atoms with Gasteiger partial charge in [-0.2, -0.15) is 0 Å². The fourth-order valence-corrected chi connectivity index (χ4v) is 6.40. The van der Waals surface area contributed by atoms with Gasteiger partial charge in [-0.15, -0.1) is 0 Å². The van der Waals surface area contributed by atoms with Crippen molar-refractivity contribution in [2.75, 3.05) is 20.3 Å². The summed E-state index contributed by atoms with van der Waals surface area (Å²) in [6.45, 7) is 2.35. The lowest BCUT2D eigenvalue weighted by atomic mass is 10.1. The minimum atomic E-state index is -0.452. The Morgan fingerprint density at radius 2 is 2.05 bits per heavy atom. The number of halogens is 1. The maximum Gasteiger partial charge on any atom is 0.254 e. The Morgan fingerprint density at radius 3 is 2.78 bits per heavy atom. The summed E-state index contributed by atoms with van der Waals surface area (Å²) in [5.74, 6) is 1.01. The van der Waals surface area contributed by atoms with Gasteiger partial charge in [0.2, 0.25) is 0 Å². The van der Waals surface area contributed by atoms with Crippen LogP contribution in [-0.2, 0) is 17.8 Å². The van der Waals surface area contributed by atoms with Gasteiger partial charge in [-0.05, 0) is 67.9 Å². The van der Waals surface area contributed by atoms with Gasteiger partial charge < -0.3 is 24.5 Å². The molecule has 192 valence electrons. The molecule has 8 nitrogen and oxygen atoms in total. The number of nitrogens with two attached hydrogens (primary N) is 1. The van der Waals surface area contributed by atoms with Gasteiger partial charge in [-0.25, -0.2) is 14.4 Å². The molecule has 1 amide bonds. The van der Waals surface area contributed by atoms with Gasteiger partial charge in [0.1, 0.15) is 17.0 Å². The Labute approximate surface area is 214 Å². The SMILES string of the molecule is COCCn1c(-c2cc3cccnc3n2CC2CC2)nc2cc(C(=O)N3C[C@H]4CC[C@@H]3C4N)cc(F)c21. The van der Waals surface area contributed by atoms with Crippen LogP contribution in [0.2, 0.25) is 0 Å². The van der Waals surface area contributed by atoms with E-state index in [2.05, 4.69) is 15.6 Å². The molecule has 2 saturated carbocycles. The number of benzene rings is 1. The van der Waals surface area contributed by atoms with Gasteiger partial charge in [-0.3, -0.25) is 4.79 Å². The first-order chi connectivity index (χ1) is 18.0. The van der Waals surface area contributed by atoms with Crippen molar-refractivity contribution in [2.45, 2.75) is 50.9 Å². The van der Waals surface area contributed by atoms with E-state index in [1.165, 1.54) is 18.9 Å². The third-order valence-electron chi connectivity index (χ3n) is 8.50. The van der Waals surface area contributed by atoms with Crippen molar-refractivity contribution in [1.29, 1.82) is 0 Å². The van der Waals surface area contributed by atoms with Crippen LogP contribution < -0.4 is 5.73 Å². The van der Waals surface area contributed by atoms with Crippen molar-refractivity contribution in [3.8, 4) is 11.5 Å². The molecule has 2 N–H and O–H groups in total. The van der Waals surface area contributed by atoms with Crippen molar-refractivity contribution < 1.29 is 13.9 Å². The molecule has 1 saturated heterocycles. The molecular formula is C28H31FN6O2. The summed E-state index contributed by atoms with van der Waals surface area (Å²) in [7, 11) is 1.63. The van der Waals surface area contributed by atoms with Crippen LogP contribution in [0, 0.1) is 17.7 Å². The lowest BCUT2D eigenvalue weighted by molar-refractivity contribution is 0.0700. The van der Waals surface area contributed by atoms with Crippen LogP contribution in [0.15, 0.2) is 36.5 Å². The van der Waals surface area contributed by atoms with Crippen molar-refractivity contribution in [1.82, 2.24) is 24.0 Å². The summed E-state index contributed by atoms with van der Waals surface area (Å²) >= 11 is 0. The van der Waals surface area contributed by atoms with Gasteiger partial charge in [0.25, 0.3) is 5.91 Å². The second-order valence-electron chi connectivity index (χ2n) is 10.8. The molecule has 3 aliphatic rings. The molecule has 4 heterocycles. The van der Waals surface area contributed by atoms with Crippen molar-refractivity contribution >= 4 is 28.0 Å². The number of methoxy groups -OCH3 is 1. The van der Waals surface area contributed by atoms with Gasteiger partial charge in [-0.1, -0.05) is 0 Å². The second-order valence-corrected chi connectivity index (χ2v) is 10.8. The number of piperidine rings is 1. The highest BCUT2D eigenvalue weighted by atomic mass is 19.1. The number of nitrogens with zero attached hydrogens (tertiary/aromatic N) is 5. The molecule has 9 heteroatoms. The number of imidazole rings is 1. The summed E-state index contributed by atoms with van der Waals surface area (Å²) in [5.41, 5.74) is 9.33. The van der Waals surface area contributed by atoms with Gasteiger partial charge in [0.05, 0.1) is 17.8 Å². The summed E-state index contributed by atoms with van der Waals surface area (Å²) < 4.78 is 25.2. The molecule has 3 aromatic heterocycles. The molecule has 2 bridgehead atoms. The topological polar surface area (TPSA) is 91.2 Å². The number of fused-ring (bicyclic) bond motifs is 4. The molecule has 37 heavy (non-hydrogen) atoms. The van der Waals surface area contributed by atoms with Crippen LogP contribution in [0.1, 0.15) is 36.0 Å². The highest BCUT2D eigenvalue weighted by Crippen LogP contribution is 2.39. The van der Waals surface area contributed by atoms with Crippen molar-refractivity contribution in [2.24, 2.45) is 17.6 Å². The number of carbonyl (C=O) groups excluding carboxylic acids is 1. The van der Waals surface area contributed by atoms with Gasteiger partial charge >= 0.3 is 0 Å². The number of aromatic nitrogens is 4. The fraction of sp³-hybridized carbons (Fsp3) is 0.464. The molecule has 2 aliphatic carbocycles. The molecule has 4 aromatic rings. The molecule has 1 aromatic carbocycles. The molecule has 1 aliphatic heterocycles. The van der Waals surface area contributed by atoms with Gasteiger partial charge in [0.15, 0.2) is 5.82 Å². The van der Waals surface area contributed by atoms with E-state index >= 15 is 4.39 Å². The standard InChI is InChI=1S/C28H31FN6O2/c1-37-10-9-33-25-20(29)11-19(28(36)35-15-18-6-7-22(35)24(18)30)12-21(25)32-27(33)23-13-17-3-2-8-31-26(17)34(23)14-16-4-5-16/h2-3,8,11-13,16,18,22,24H,4-7,9-10,14-15,30H2,1H3/t18-,22-,24?/m1/s1. The Morgan fingerprint density at radius 1 is 1.19 bits per heavy atom. The zero-order valence-electron chi connectivity index (χ0n) is 20.9. The van der Waals surface area contributed by atoms with Crippen LogP contribution in [0.5, 0.6) is 0 Å². The average Bonchev–Trinajstić information content (AvgIpc) is 3.25. The quantitative estimate of drug-likeness (QED) is 0.415. The van der Waals surface area contributed by atoms with E-state index in [1.807, 2.05) is 21.6 Å². The number of hydrogen-bond donors (Lipinski definition) is 1. The fourth-order valence-electron chi connectivity index (χ4n) is 6.40. The second kappa shape index (κ2) is 8.63. The Hall–Kier alpha value is -3.30. The van der Waals surface area contributed by atoms with Crippen LogP contribution in [-0.4, -0.2) is 62.3 Å². The van der Waals surface area contributed by atoms with E-state index in [4.69, 9.17) is 15.5 Å². The first kappa shape index (κ1) is 22.9. The maximum atomic E-state index is 15.8. The summed E-state index contributed by atoms with van der Waals surface area (Å²) in [6, 6.07) is 9.20. The minimum absolute atomic E-state index is 0.0133. The summed E-state index contributed by atoms with van der Waals surface area (Å²) in [4.78, 5) is 24.9. The van der Waals surface area contributed by atoms with Crippen molar-refractivity contribution in [3.63, 3.8) is 0 Å². The molecule has 1 unspecified atom stereocenters. The lowest BCUT2D eigenvalue weighted by Gasteiger charge is -2.27. The van der Waals surface area contributed by atoms with E-state index in [-0.39, 0.29) is 18.0 Å². The van der Waals surface area contributed by atoms with E-state index in [0.29, 0.717) is 54.0 Å². The van der Waals surface area contributed by atoms with Crippen LogP contribution in [0.25, 0.3) is 33.6 Å². The predicted octanol–water partition coefficient (Wildman–Crippen LogP) is 3.81. The minimum Gasteiger partial charge on any atom is -0.383 e. The van der Waals surface area contributed by atoms with E-state index in [9.17, 15) is 4.79 Å². The zero-order valence-corrected chi connectivity index (χ0v) is 20.9. The highest BCUT2D eigenvalue weighted by Gasteiger charge is 2.47. The Balaban J connectivity index is 1.36. The first-order valence-corrected chi connectivity index (χ1v) is 13.2.